The molecule has 0 saturated heterocycles. The summed E-state index contributed by atoms with van der Waals surface area (Å²) in [5.74, 6) is 0. The fourth-order valence-electron chi connectivity index (χ4n) is 10.4. The van der Waals surface area contributed by atoms with Gasteiger partial charge in [-0.15, -0.1) is 24.8 Å². The van der Waals surface area contributed by atoms with Crippen molar-refractivity contribution >= 4 is 24.8 Å². The minimum Gasteiger partial charge on any atom is -0.294 e. The Bertz CT molecular complexity index is 911. The maximum Gasteiger partial charge on any atom is 0.0242 e. The van der Waals surface area contributed by atoms with Crippen molar-refractivity contribution in [3.63, 3.8) is 0 Å². The molecular formula is C60H118Cl2N2. The summed E-state index contributed by atoms with van der Waals surface area (Å²) in [5.41, 5.74) is 3.20. The van der Waals surface area contributed by atoms with Gasteiger partial charge in [-0.05, 0) is 64.5 Å². The van der Waals surface area contributed by atoms with Crippen molar-refractivity contribution in [3.05, 3.63) is 35.4 Å². The molecule has 0 radical (unpaired) electrons. The zero-order chi connectivity index (χ0) is 45.1. The van der Waals surface area contributed by atoms with Crippen LogP contribution in [0.1, 0.15) is 323 Å². The highest BCUT2D eigenvalue weighted by molar-refractivity contribution is 5.85. The number of halogens is 2. The van der Waals surface area contributed by atoms with Gasteiger partial charge in [0.2, 0.25) is 0 Å². The molecule has 0 aromatic heterocycles. The molecule has 64 heavy (non-hydrogen) atoms. The number of hydrogen-bond acceptors (Lipinski definition) is 2. The van der Waals surface area contributed by atoms with Gasteiger partial charge in [0, 0.05) is 37.3 Å². The van der Waals surface area contributed by atoms with Crippen LogP contribution in [0.15, 0.2) is 24.3 Å². The molecule has 0 fully saturated rings. The molecular weight excluding hydrogens is 820 g/mol. The van der Waals surface area contributed by atoms with Crippen LogP contribution in [-0.4, -0.2) is 34.0 Å². The lowest BCUT2D eigenvalue weighted by Crippen LogP contribution is -2.41. The summed E-state index contributed by atoms with van der Waals surface area (Å²) in [6.07, 6.45) is 56.5. The molecule has 2 nitrogen and oxygen atoms in total. The molecule has 0 bridgehead atoms. The van der Waals surface area contributed by atoms with Crippen molar-refractivity contribution in [3.8, 4) is 0 Å². The molecule has 4 heteroatoms. The lowest BCUT2D eigenvalue weighted by molar-refractivity contribution is 0.117. The Hall–Kier alpha value is -0.280. The van der Waals surface area contributed by atoms with Crippen LogP contribution in [0.2, 0.25) is 0 Å². The van der Waals surface area contributed by atoms with E-state index in [2.05, 4.69) is 89.5 Å². The summed E-state index contributed by atoms with van der Waals surface area (Å²) >= 11 is 0. The third kappa shape index (κ3) is 36.7. The number of rotatable bonds is 48. The van der Waals surface area contributed by atoms with Crippen molar-refractivity contribution in [2.24, 2.45) is 0 Å². The van der Waals surface area contributed by atoms with E-state index in [9.17, 15) is 0 Å². The lowest BCUT2D eigenvalue weighted by atomic mass is 9.97. The summed E-state index contributed by atoms with van der Waals surface area (Å²) in [5, 5.41) is 0. The Labute approximate surface area is 417 Å². The van der Waals surface area contributed by atoms with Crippen molar-refractivity contribution in [1.82, 2.24) is 9.80 Å². The van der Waals surface area contributed by atoms with Crippen LogP contribution in [-0.2, 0) is 13.1 Å². The monoisotopic (exact) mass is 937 g/mol. The number of unbranched alkanes of at least 4 members (excludes halogenated alkanes) is 32. The molecule has 4 unspecified atom stereocenters. The highest BCUT2D eigenvalue weighted by atomic mass is 35.5. The van der Waals surface area contributed by atoms with E-state index in [-0.39, 0.29) is 24.8 Å². The summed E-state index contributed by atoms with van der Waals surface area (Å²) in [6, 6.07) is 12.2. The second-order valence-electron chi connectivity index (χ2n) is 21.0. The topological polar surface area (TPSA) is 6.48 Å². The first-order valence-electron chi connectivity index (χ1n) is 29.0. The third-order valence-corrected chi connectivity index (χ3v) is 15.0. The van der Waals surface area contributed by atoms with Gasteiger partial charge in [0.15, 0.2) is 0 Å². The molecule has 0 N–H and O–H groups in total. The van der Waals surface area contributed by atoms with Crippen LogP contribution in [0.3, 0.4) is 0 Å². The van der Waals surface area contributed by atoms with E-state index in [1.54, 1.807) is 11.1 Å². The smallest absolute Gasteiger partial charge is 0.0242 e. The normalized spacial score (nSPS) is 13.5. The van der Waals surface area contributed by atoms with Crippen LogP contribution in [0.5, 0.6) is 0 Å². The van der Waals surface area contributed by atoms with Crippen LogP contribution < -0.4 is 0 Å². The SMILES string of the molecule is CCCCCCCCCCCC(C)N(Cc1ccccc1CN(C(C)CCCCCCCCCCC)C(C)CCCCCCCCCCC)C(C)CCCCCCCCCCC.Cl.Cl. The maximum atomic E-state index is 2.95. The van der Waals surface area contributed by atoms with Crippen molar-refractivity contribution in [2.75, 3.05) is 0 Å². The minimum atomic E-state index is 0. The Kier molecular flexibility index (Phi) is 50.5. The Morgan fingerprint density at radius 3 is 0.641 bits per heavy atom. The van der Waals surface area contributed by atoms with E-state index >= 15 is 0 Å². The molecule has 0 aliphatic carbocycles. The number of nitrogens with zero attached hydrogens (tertiary/aromatic N) is 2. The van der Waals surface area contributed by atoms with Gasteiger partial charge in [0.1, 0.15) is 0 Å². The first-order chi connectivity index (χ1) is 30.4. The Balaban J connectivity index is 0. The van der Waals surface area contributed by atoms with Crippen molar-refractivity contribution in [2.45, 2.75) is 349 Å². The summed E-state index contributed by atoms with van der Waals surface area (Å²) in [4.78, 5) is 5.91. The molecule has 0 heterocycles. The first kappa shape index (κ1) is 65.8. The molecule has 1 aromatic carbocycles. The van der Waals surface area contributed by atoms with E-state index in [0.29, 0.717) is 24.2 Å². The molecule has 0 saturated carbocycles. The van der Waals surface area contributed by atoms with Crippen LogP contribution in [0.4, 0.5) is 0 Å². The molecule has 1 aromatic rings. The lowest BCUT2D eigenvalue weighted by Gasteiger charge is -2.38. The van der Waals surface area contributed by atoms with E-state index in [1.165, 1.54) is 257 Å². The van der Waals surface area contributed by atoms with Gasteiger partial charge >= 0.3 is 0 Å². The summed E-state index contributed by atoms with van der Waals surface area (Å²) < 4.78 is 0. The van der Waals surface area contributed by atoms with Gasteiger partial charge in [0.25, 0.3) is 0 Å². The number of hydrogen-bond donors (Lipinski definition) is 0. The predicted octanol–water partition coefficient (Wildman–Crippen LogP) is 21.4. The standard InChI is InChI=1S/C60H116N2.2ClH/c1-9-13-17-21-25-29-33-37-41-47-55(5)61(56(6)48-42-38-34-30-26-22-18-14-10-2)53-59-51-45-46-52-60(59)54-62(57(7)49-43-39-35-31-27-23-19-15-11-3)58(8)50-44-40-36-32-28-24-20-16-12-4;;/h45-46,51-52,55-58H,9-44,47-50,53-54H2,1-8H3;2*1H. The molecule has 4 atom stereocenters. The van der Waals surface area contributed by atoms with E-state index in [1.807, 2.05) is 0 Å². The van der Waals surface area contributed by atoms with Gasteiger partial charge in [0.05, 0.1) is 0 Å². The van der Waals surface area contributed by atoms with E-state index in [4.69, 9.17) is 0 Å². The summed E-state index contributed by atoms with van der Waals surface area (Å²) in [6.45, 7) is 21.8. The average molecular weight is 939 g/mol. The molecule has 1 rings (SSSR count). The third-order valence-electron chi connectivity index (χ3n) is 15.0. The fraction of sp³-hybridized carbons (Fsp3) is 0.900. The zero-order valence-electron chi connectivity index (χ0n) is 45.0. The molecule has 0 aliphatic heterocycles. The quantitative estimate of drug-likeness (QED) is 0.0601. The second kappa shape index (κ2) is 49.2. The van der Waals surface area contributed by atoms with E-state index in [0.717, 1.165) is 13.1 Å². The van der Waals surface area contributed by atoms with Gasteiger partial charge in [-0.1, -0.05) is 283 Å². The Morgan fingerprint density at radius 2 is 0.453 bits per heavy atom. The first-order valence-corrected chi connectivity index (χ1v) is 29.0. The van der Waals surface area contributed by atoms with Crippen molar-refractivity contribution < 1.29 is 0 Å². The number of benzene rings is 1. The zero-order valence-corrected chi connectivity index (χ0v) is 46.7. The molecule has 382 valence electrons. The summed E-state index contributed by atoms with van der Waals surface area (Å²) in [7, 11) is 0. The highest BCUT2D eigenvalue weighted by Crippen LogP contribution is 2.27. The molecule has 0 aliphatic rings. The van der Waals surface area contributed by atoms with Crippen molar-refractivity contribution in [1.29, 1.82) is 0 Å². The van der Waals surface area contributed by atoms with E-state index < -0.39 is 0 Å². The van der Waals surface area contributed by atoms with Gasteiger partial charge in [-0.2, -0.15) is 0 Å². The fourth-order valence-corrected chi connectivity index (χ4v) is 10.4. The van der Waals surface area contributed by atoms with Crippen LogP contribution in [0, 0.1) is 0 Å². The molecule has 0 amide bonds. The predicted molar refractivity (Wildman–Crippen MR) is 297 cm³/mol. The van der Waals surface area contributed by atoms with Gasteiger partial charge in [-0.3, -0.25) is 9.80 Å². The maximum absolute atomic E-state index is 2.95. The Morgan fingerprint density at radius 1 is 0.281 bits per heavy atom. The van der Waals surface area contributed by atoms with Gasteiger partial charge < -0.3 is 0 Å². The van der Waals surface area contributed by atoms with Crippen LogP contribution >= 0.6 is 24.8 Å². The molecule has 0 spiro atoms. The van der Waals surface area contributed by atoms with Crippen LogP contribution in [0.25, 0.3) is 0 Å². The minimum absolute atomic E-state index is 0. The largest absolute Gasteiger partial charge is 0.294 e. The highest BCUT2D eigenvalue weighted by Gasteiger charge is 2.24. The second-order valence-corrected chi connectivity index (χ2v) is 21.0. The van der Waals surface area contributed by atoms with Gasteiger partial charge in [-0.25, -0.2) is 0 Å². The average Bonchev–Trinajstić information content (AvgIpc) is 3.27.